The van der Waals surface area contributed by atoms with Gasteiger partial charge in [0, 0.05) is 32.2 Å². The van der Waals surface area contributed by atoms with Crippen molar-refractivity contribution in [1.82, 2.24) is 10.2 Å². The molecule has 1 fully saturated rings. The Morgan fingerprint density at radius 3 is 2.43 bits per heavy atom. The van der Waals surface area contributed by atoms with Crippen LogP contribution >= 0.6 is 24.8 Å². The first-order valence-corrected chi connectivity index (χ1v) is 7.04. The summed E-state index contributed by atoms with van der Waals surface area (Å²) in [6.45, 7) is 7.62. The van der Waals surface area contributed by atoms with Crippen LogP contribution in [0.1, 0.15) is 18.6 Å². The molecule has 2 unspecified atom stereocenters. The second kappa shape index (κ2) is 11.2. The molecule has 0 spiro atoms. The summed E-state index contributed by atoms with van der Waals surface area (Å²) in [6, 6.07) is 9.86. The summed E-state index contributed by atoms with van der Waals surface area (Å²) in [6.07, 6.45) is -0.453. The normalized spacial score (nSPS) is 18.2. The van der Waals surface area contributed by atoms with Gasteiger partial charge >= 0.3 is 0 Å². The minimum Gasteiger partial charge on any atom is -0.387 e. The van der Waals surface area contributed by atoms with Crippen LogP contribution in [0.2, 0.25) is 0 Å². The van der Waals surface area contributed by atoms with Crippen LogP contribution in [0.15, 0.2) is 30.3 Å². The van der Waals surface area contributed by atoms with Crippen molar-refractivity contribution in [3.8, 4) is 0 Å². The van der Waals surface area contributed by atoms with Crippen molar-refractivity contribution in [3.63, 3.8) is 0 Å². The van der Waals surface area contributed by atoms with Gasteiger partial charge in [-0.05, 0) is 12.5 Å². The molecule has 1 aliphatic heterocycles. The monoisotopic (exact) mass is 336 g/mol. The molecule has 122 valence electrons. The van der Waals surface area contributed by atoms with Crippen LogP contribution in [0.4, 0.5) is 0 Å². The lowest BCUT2D eigenvalue weighted by molar-refractivity contribution is 0.0372. The third kappa shape index (κ3) is 6.96. The van der Waals surface area contributed by atoms with Gasteiger partial charge in [-0.25, -0.2) is 0 Å². The van der Waals surface area contributed by atoms with E-state index in [2.05, 4.69) is 10.2 Å². The number of ether oxygens (including phenoxy) is 1. The molecule has 1 saturated heterocycles. The van der Waals surface area contributed by atoms with E-state index in [4.69, 9.17) is 4.74 Å². The maximum atomic E-state index is 10.2. The molecule has 0 radical (unpaired) electrons. The van der Waals surface area contributed by atoms with Gasteiger partial charge in [-0.15, -0.1) is 24.8 Å². The summed E-state index contributed by atoms with van der Waals surface area (Å²) in [5.41, 5.74) is 0.967. The van der Waals surface area contributed by atoms with Crippen molar-refractivity contribution in [3.05, 3.63) is 35.9 Å². The fourth-order valence-electron chi connectivity index (χ4n) is 2.33. The van der Waals surface area contributed by atoms with Crippen LogP contribution in [0.25, 0.3) is 0 Å². The average Bonchev–Trinajstić information content (AvgIpc) is 2.48. The Bertz CT molecular complexity index is 362. The van der Waals surface area contributed by atoms with Crippen LogP contribution in [0, 0.1) is 0 Å². The Balaban J connectivity index is 0.00000200. The zero-order valence-electron chi connectivity index (χ0n) is 12.4. The number of nitrogens with one attached hydrogen (secondary N) is 1. The van der Waals surface area contributed by atoms with E-state index in [1.165, 1.54) is 0 Å². The van der Waals surface area contributed by atoms with Gasteiger partial charge in [0.2, 0.25) is 0 Å². The molecule has 0 saturated carbocycles. The molecule has 1 aliphatic rings. The summed E-state index contributed by atoms with van der Waals surface area (Å²) in [5.74, 6) is 0. The summed E-state index contributed by atoms with van der Waals surface area (Å²) in [4.78, 5) is 2.39. The first-order valence-electron chi connectivity index (χ1n) is 7.04. The van der Waals surface area contributed by atoms with Crippen LogP contribution < -0.4 is 5.32 Å². The molecule has 2 rings (SSSR count). The number of hydrogen-bond donors (Lipinski definition) is 2. The van der Waals surface area contributed by atoms with E-state index in [-0.39, 0.29) is 30.9 Å². The number of halogens is 2. The summed E-state index contributed by atoms with van der Waals surface area (Å²) in [7, 11) is 0. The molecular weight excluding hydrogens is 311 g/mol. The second-order valence-corrected chi connectivity index (χ2v) is 5.05. The van der Waals surface area contributed by atoms with Crippen molar-refractivity contribution < 1.29 is 9.84 Å². The van der Waals surface area contributed by atoms with Gasteiger partial charge in [-0.2, -0.15) is 0 Å². The molecule has 21 heavy (non-hydrogen) atoms. The molecule has 0 bridgehead atoms. The van der Waals surface area contributed by atoms with E-state index in [0.717, 1.165) is 45.0 Å². The van der Waals surface area contributed by atoms with Crippen LogP contribution in [0.5, 0.6) is 0 Å². The molecule has 0 amide bonds. The number of morpholine rings is 1. The molecule has 2 N–H and O–H groups in total. The quantitative estimate of drug-likeness (QED) is 0.832. The highest BCUT2D eigenvalue weighted by molar-refractivity contribution is 5.85. The van der Waals surface area contributed by atoms with Gasteiger partial charge in [0.1, 0.15) is 0 Å². The van der Waals surface area contributed by atoms with E-state index >= 15 is 0 Å². The minimum absolute atomic E-state index is 0. The molecule has 1 aromatic rings. The Kier molecular flexibility index (Phi) is 11.0. The van der Waals surface area contributed by atoms with Gasteiger partial charge in [0.05, 0.1) is 19.3 Å². The SMILES string of the molecule is CC(NCCN1CCOCC1)C(O)c1ccccc1.Cl.Cl. The van der Waals surface area contributed by atoms with Gasteiger partial charge in [-0.3, -0.25) is 4.90 Å². The van der Waals surface area contributed by atoms with Crippen LogP contribution in [0.3, 0.4) is 0 Å². The topological polar surface area (TPSA) is 44.7 Å². The lowest BCUT2D eigenvalue weighted by Gasteiger charge is -2.28. The molecule has 1 aromatic carbocycles. The van der Waals surface area contributed by atoms with E-state index in [0.29, 0.717) is 0 Å². The molecule has 1 heterocycles. The smallest absolute Gasteiger partial charge is 0.0940 e. The predicted octanol–water partition coefficient (Wildman–Crippen LogP) is 1.87. The Morgan fingerprint density at radius 1 is 1.19 bits per heavy atom. The fraction of sp³-hybridized carbons (Fsp3) is 0.600. The lowest BCUT2D eigenvalue weighted by Crippen LogP contribution is -2.42. The maximum Gasteiger partial charge on any atom is 0.0940 e. The predicted molar refractivity (Wildman–Crippen MR) is 90.6 cm³/mol. The van der Waals surface area contributed by atoms with Crippen molar-refractivity contribution >= 4 is 24.8 Å². The van der Waals surface area contributed by atoms with Crippen molar-refractivity contribution in [2.24, 2.45) is 0 Å². The number of aliphatic hydroxyl groups is 1. The van der Waals surface area contributed by atoms with E-state index in [1.807, 2.05) is 37.3 Å². The number of benzene rings is 1. The minimum atomic E-state index is -0.453. The fourth-order valence-corrected chi connectivity index (χ4v) is 2.33. The van der Waals surface area contributed by atoms with Crippen LogP contribution in [-0.2, 0) is 4.74 Å². The van der Waals surface area contributed by atoms with Crippen molar-refractivity contribution in [1.29, 1.82) is 0 Å². The molecule has 0 aromatic heterocycles. The number of rotatable bonds is 6. The zero-order chi connectivity index (χ0) is 13.5. The van der Waals surface area contributed by atoms with E-state index < -0.39 is 6.10 Å². The first kappa shape index (κ1) is 20.6. The average molecular weight is 337 g/mol. The Labute approximate surface area is 139 Å². The maximum absolute atomic E-state index is 10.2. The molecular formula is C15H26Cl2N2O2. The third-order valence-electron chi connectivity index (χ3n) is 3.61. The lowest BCUT2D eigenvalue weighted by atomic mass is 10.0. The molecule has 4 nitrogen and oxygen atoms in total. The number of aliphatic hydroxyl groups excluding tert-OH is 1. The largest absolute Gasteiger partial charge is 0.387 e. The summed E-state index contributed by atoms with van der Waals surface area (Å²) in [5, 5.41) is 13.6. The van der Waals surface area contributed by atoms with E-state index in [1.54, 1.807) is 0 Å². The highest BCUT2D eigenvalue weighted by atomic mass is 35.5. The van der Waals surface area contributed by atoms with Crippen LogP contribution in [-0.4, -0.2) is 55.4 Å². The van der Waals surface area contributed by atoms with Gasteiger partial charge in [-0.1, -0.05) is 30.3 Å². The molecule has 2 atom stereocenters. The third-order valence-corrected chi connectivity index (χ3v) is 3.61. The van der Waals surface area contributed by atoms with Gasteiger partial charge in [0.25, 0.3) is 0 Å². The van der Waals surface area contributed by atoms with Crippen molar-refractivity contribution in [2.75, 3.05) is 39.4 Å². The first-order chi connectivity index (χ1) is 9.27. The highest BCUT2D eigenvalue weighted by Crippen LogP contribution is 2.15. The number of hydrogen-bond acceptors (Lipinski definition) is 4. The Hall–Kier alpha value is -0.360. The molecule has 6 heteroatoms. The van der Waals surface area contributed by atoms with Gasteiger partial charge in [0.15, 0.2) is 0 Å². The standard InChI is InChI=1S/C15H24N2O2.2ClH/c1-13(15(18)14-5-3-2-4-6-14)16-7-8-17-9-11-19-12-10-17;;/h2-6,13,15-16,18H,7-12H2,1H3;2*1H. The zero-order valence-corrected chi connectivity index (χ0v) is 14.0. The summed E-state index contributed by atoms with van der Waals surface area (Å²) >= 11 is 0. The molecule has 0 aliphatic carbocycles. The highest BCUT2D eigenvalue weighted by Gasteiger charge is 2.16. The summed E-state index contributed by atoms with van der Waals surface area (Å²) < 4.78 is 5.32. The second-order valence-electron chi connectivity index (χ2n) is 5.05. The van der Waals surface area contributed by atoms with Crippen molar-refractivity contribution in [2.45, 2.75) is 19.1 Å². The van der Waals surface area contributed by atoms with E-state index in [9.17, 15) is 5.11 Å². The Morgan fingerprint density at radius 2 is 1.81 bits per heavy atom. The number of nitrogens with zero attached hydrogens (tertiary/aromatic N) is 1. The van der Waals surface area contributed by atoms with Gasteiger partial charge < -0.3 is 15.2 Å².